The van der Waals surface area contributed by atoms with Gasteiger partial charge in [0.1, 0.15) is 0 Å². The van der Waals surface area contributed by atoms with Crippen LogP contribution in [-0.2, 0) is 16.1 Å². The average Bonchev–Trinajstić information content (AvgIpc) is 2.90. The SMILES string of the molecule is CC(C)CCOCCNCC(O)COCc1cccs1. The van der Waals surface area contributed by atoms with Gasteiger partial charge in [0, 0.05) is 24.6 Å². The summed E-state index contributed by atoms with van der Waals surface area (Å²) in [4.78, 5) is 1.18. The molecule has 0 aliphatic carbocycles. The maximum atomic E-state index is 9.73. The zero-order chi connectivity index (χ0) is 14.6. The summed E-state index contributed by atoms with van der Waals surface area (Å²) in [6, 6.07) is 4.03. The van der Waals surface area contributed by atoms with Crippen molar-refractivity contribution in [3.63, 3.8) is 0 Å². The lowest BCUT2D eigenvalue weighted by atomic mass is 10.1. The van der Waals surface area contributed by atoms with Crippen molar-refractivity contribution in [2.75, 3.05) is 32.9 Å². The molecule has 1 rings (SSSR count). The Morgan fingerprint density at radius 3 is 2.85 bits per heavy atom. The minimum atomic E-state index is -0.467. The van der Waals surface area contributed by atoms with Gasteiger partial charge in [0.15, 0.2) is 0 Å². The lowest BCUT2D eigenvalue weighted by molar-refractivity contribution is 0.0286. The smallest absolute Gasteiger partial charge is 0.0897 e. The van der Waals surface area contributed by atoms with E-state index in [1.807, 2.05) is 17.5 Å². The number of thiophene rings is 1. The number of ether oxygens (including phenoxy) is 2. The number of rotatable bonds is 12. The van der Waals surface area contributed by atoms with Crippen molar-refractivity contribution in [3.05, 3.63) is 22.4 Å². The molecule has 0 spiro atoms. The van der Waals surface area contributed by atoms with E-state index in [0.29, 0.717) is 32.3 Å². The first-order valence-corrected chi connectivity index (χ1v) is 8.13. The molecule has 0 aliphatic heterocycles. The molecule has 2 N–H and O–H groups in total. The monoisotopic (exact) mass is 301 g/mol. The van der Waals surface area contributed by atoms with Crippen molar-refractivity contribution in [1.29, 1.82) is 0 Å². The third-order valence-corrected chi connectivity index (χ3v) is 3.63. The molecule has 0 amide bonds. The maximum absolute atomic E-state index is 9.73. The fourth-order valence-electron chi connectivity index (χ4n) is 1.58. The summed E-state index contributed by atoms with van der Waals surface area (Å²) in [5, 5.41) is 14.9. The molecule has 1 aromatic rings. The van der Waals surface area contributed by atoms with Crippen LogP contribution in [-0.4, -0.2) is 44.1 Å². The molecular formula is C15H27NO3S. The van der Waals surface area contributed by atoms with Crippen molar-refractivity contribution in [2.24, 2.45) is 5.92 Å². The zero-order valence-electron chi connectivity index (χ0n) is 12.5. The minimum absolute atomic E-state index is 0.360. The summed E-state index contributed by atoms with van der Waals surface area (Å²) in [5.41, 5.74) is 0. The van der Waals surface area contributed by atoms with Gasteiger partial charge in [-0.2, -0.15) is 0 Å². The highest BCUT2D eigenvalue weighted by Crippen LogP contribution is 2.09. The Kier molecular flexibility index (Phi) is 9.87. The van der Waals surface area contributed by atoms with E-state index < -0.39 is 6.10 Å². The van der Waals surface area contributed by atoms with E-state index in [4.69, 9.17) is 9.47 Å². The fraction of sp³-hybridized carbons (Fsp3) is 0.733. The number of nitrogens with one attached hydrogen (secondary N) is 1. The summed E-state index contributed by atoms with van der Waals surface area (Å²) in [6.45, 7) is 8.12. The van der Waals surface area contributed by atoms with Crippen molar-refractivity contribution >= 4 is 11.3 Å². The van der Waals surface area contributed by atoms with Gasteiger partial charge in [0.05, 0.1) is 25.9 Å². The van der Waals surface area contributed by atoms with Crippen LogP contribution in [0.15, 0.2) is 17.5 Å². The van der Waals surface area contributed by atoms with Gasteiger partial charge in [-0.25, -0.2) is 0 Å². The molecule has 4 nitrogen and oxygen atoms in total. The zero-order valence-corrected chi connectivity index (χ0v) is 13.3. The molecular weight excluding hydrogens is 274 g/mol. The highest BCUT2D eigenvalue weighted by atomic mass is 32.1. The Bertz CT molecular complexity index is 317. The van der Waals surface area contributed by atoms with Crippen LogP contribution in [0.2, 0.25) is 0 Å². The highest BCUT2D eigenvalue weighted by Gasteiger charge is 2.04. The van der Waals surface area contributed by atoms with Crippen LogP contribution in [0.4, 0.5) is 0 Å². The van der Waals surface area contributed by atoms with Crippen LogP contribution < -0.4 is 5.32 Å². The summed E-state index contributed by atoms with van der Waals surface area (Å²) < 4.78 is 10.9. The van der Waals surface area contributed by atoms with Crippen molar-refractivity contribution < 1.29 is 14.6 Å². The van der Waals surface area contributed by atoms with Gasteiger partial charge in [-0.3, -0.25) is 0 Å². The Hall–Kier alpha value is -0.460. The summed E-state index contributed by atoms with van der Waals surface area (Å²) in [7, 11) is 0. The Morgan fingerprint density at radius 2 is 2.15 bits per heavy atom. The molecule has 0 aromatic carbocycles. The first-order valence-electron chi connectivity index (χ1n) is 7.25. The van der Waals surface area contributed by atoms with Crippen LogP contribution >= 0.6 is 11.3 Å². The molecule has 0 saturated carbocycles. The number of hydrogen-bond donors (Lipinski definition) is 2. The molecule has 1 unspecified atom stereocenters. The molecule has 0 bridgehead atoms. The molecule has 1 heterocycles. The maximum Gasteiger partial charge on any atom is 0.0897 e. The summed E-state index contributed by atoms with van der Waals surface area (Å²) in [6.07, 6.45) is 0.629. The third-order valence-electron chi connectivity index (χ3n) is 2.78. The normalized spacial score (nSPS) is 13.0. The van der Waals surface area contributed by atoms with E-state index in [2.05, 4.69) is 19.2 Å². The molecule has 5 heteroatoms. The molecule has 20 heavy (non-hydrogen) atoms. The lowest BCUT2D eigenvalue weighted by Gasteiger charge is -2.12. The van der Waals surface area contributed by atoms with Gasteiger partial charge < -0.3 is 19.9 Å². The van der Waals surface area contributed by atoms with Gasteiger partial charge in [0.2, 0.25) is 0 Å². The second-order valence-electron chi connectivity index (χ2n) is 5.25. The van der Waals surface area contributed by atoms with Crippen LogP contribution in [0.25, 0.3) is 0 Å². The van der Waals surface area contributed by atoms with E-state index >= 15 is 0 Å². The van der Waals surface area contributed by atoms with E-state index in [0.717, 1.165) is 19.6 Å². The van der Waals surface area contributed by atoms with Crippen molar-refractivity contribution in [2.45, 2.75) is 33.0 Å². The van der Waals surface area contributed by atoms with Gasteiger partial charge in [0.25, 0.3) is 0 Å². The number of hydrogen-bond acceptors (Lipinski definition) is 5. The Morgan fingerprint density at radius 1 is 1.30 bits per heavy atom. The predicted octanol–water partition coefficient (Wildman–Crippen LogP) is 2.28. The van der Waals surface area contributed by atoms with Gasteiger partial charge in [-0.15, -0.1) is 11.3 Å². The third kappa shape index (κ3) is 9.44. The molecule has 0 radical (unpaired) electrons. The Balaban J connectivity index is 1.86. The van der Waals surface area contributed by atoms with E-state index in [1.54, 1.807) is 11.3 Å². The predicted molar refractivity (Wildman–Crippen MR) is 83.1 cm³/mol. The molecule has 1 atom stereocenters. The fourth-order valence-corrected chi connectivity index (χ4v) is 2.22. The topological polar surface area (TPSA) is 50.7 Å². The van der Waals surface area contributed by atoms with Crippen LogP contribution in [0.5, 0.6) is 0 Å². The summed E-state index contributed by atoms with van der Waals surface area (Å²) >= 11 is 1.67. The van der Waals surface area contributed by atoms with Crippen molar-refractivity contribution in [1.82, 2.24) is 5.32 Å². The average molecular weight is 301 g/mol. The summed E-state index contributed by atoms with van der Waals surface area (Å²) in [5.74, 6) is 0.685. The largest absolute Gasteiger partial charge is 0.389 e. The molecule has 0 aliphatic rings. The molecule has 1 aromatic heterocycles. The standard InChI is InChI=1S/C15H27NO3S/c1-13(2)5-7-18-8-6-16-10-14(17)11-19-12-15-4-3-9-20-15/h3-4,9,13-14,16-17H,5-8,10-12H2,1-2H3. The minimum Gasteiger partial charge on any atom is -0.389 e. The number of aliphatic hydroxyl groups excluding tert-OH is 1. The molecule has 0 saturated heterocycles. The quantitative estimate of drug-likeness (QED) is 0.582. The second kappa shape index (κ2) is 11.2. The van der Waals surface area contributed by atoms with Crippen LogP contribution in [0, 0.1) is 5.92 Å². The van der Waals surface area contributed by atoms with E-state index in [9.17, 15) is 5.11 Å². The first kappa shape index (κ1) is 17.6. The molecule has 116 valence electrons. The Labute approximate surface area is 126 Å². The van der Waals surface area contributed by atoms with E-state index in [-0.39, 0.29) is 0 Å². The second-order valence-corrected chi connectivity index (χ2v) is 6.28. The van der Waals surface area contributed by atoms with Crippen LogP contribution in [0.3, 0.4) is 0 Å². The highest BCUT2D eigenvalue weighted by molar-refractivity contribution is 7.09. The van der Waals surface area contributed by atoms with Gasteiger partial charge in [-0.1, -0.05) is 19.9 Å². The van der Waals surface area contributed by atoms with Gasteiger partial charge >= 0.3 is 0 Å². The van der Waals surface area contributed by atoms with Gasteiger partial charge in [-0.05, 0) is 23.8 Å². The van der Waals surface area contributed by atoms with E-state index in [1.165, 1.54) is 4.88 Å². The lowest BCUT2D eigenvalue weighted by Crippen LogP contribution is -2.32. The molecule has 0 fully saturated rings. The first-order chi connectivity index (χ1) is 9.68. The van der Waals surface area contributed by atoms with Crippen LogP contribution in [0.1, 0.15) is 25.1 Å². The number of aliphatic hydroxyl groups is 1. The van der Waals surface area contributed by atoms with Crippen molar-refractivity contribution in [3.8, 4) is 0 Å².